The monoisotopic (exact) mass is 323 g/mol. The molecule has 17 heavy (non-hydrogen) atoms. The maximum atomic E-state index is 9.19. The molecule has 0 saturated carbocycles. The zero-order valence-electron chi connectivity index (χ0n) is 8.65. The van der Waals surface area contributed by atoms with E-state index >= 15 is 0 Å². The summed E-state index contributed by atoms with van der Waals surface area (Å²) < 4.78 is 0.942. The molecule has 84 valence electrons. The van der Waals surface area contributed by atoms with Crippen LogP contribution < -0.4 is 0 Å². The summed E-state index contributed by atoms with van der Waals surface area (Å²) in [5.74, 6) is 0. The van der Waals surface area contributed by atoms with Crippen LogP contribution in [0.25, 0.3) is 11.6 Å². The number of benzene rings is 1. The Morgan fingerprint density at radius 2 is 2.24 bits per heavy atom. The SMILES string of the molecule is N#CC(=Cc1cccc(Cl)c1)c1cscc1Br. The second-order valence-corrected chi connectivity index (χ2v) is 5.39. The average Bonchev–Trinajstić information content (AvgIpc) is 2.72. The first-order chi connectivity index (χ1) is 8.20. The molecule has 0 N–H and O–H groups in total. The van der Waals surface area contributed by atoms with Crippen molar-refractivity contribution in [2.45, 2.75) is 0 Å². The summed E-state index contributed by atoms with van der Waals surface area (Å²) in [7, 11) is 0. The van der Waals surface area contributed by atoms with E-state index in [2.05, 4.69) is 22.0 Å². The van der Waals surface area contributed by atoms with E-state index in [9.17, 15) is 5.26 Å². The van der Waals surface area contributed by atoms with E-state index in [0.29, 0.717) is 10.6 Å². The lowest BCUT2D eigenvalue weighted by Gasteiger charge is -1.98. The number of thiophene rings is 1. The maximum absolute atomic E-state index is 9.19. The Bertz CT molecular complexity index is 610. The third-order valence-corrected chi connectivity index (χ3v) is 4.12. The molecule has 1 heterocycles. The number of hydrogen-bond donors (Lipinski definition) is 0. The Hall–Kier alpha value is -1.08. The average molecular weight is 325 g/mol. The van der Waals surface area contributed by atoms with Gasteiger partial charge in [-0.3, -0.25) is 0 Å². The molecular weight excluding hydrogens is 318 g/mol. The lowest BCUT2D eigenvalue weighted by atomic mass is 10.1. The molecule has 0 saturated heterocycles. The number of nitrogens with zero attached hydrogens (tertiary/aromatic N) is 1. The van der Waals surface area contributed by atoms with E-state index in [1.165, 1.54) is 0 Å². The van der Waals surface area contributed by atoms with Crippen LogP contribution in [0.2, 0.25) is 5.02 Å². The molecule has 2 rings (SSSR count). The Balaban J connectivity index is 2.44. The van der Waals surface area contributed by atoms with Gasteiger partial charge < -0.3 is 0 Å². The van der Waals surface area contributed by atoms with E-state index in [1.54, 1.807) is 11.3 Å². The number of allylic oxidation sites excluding steroid dienone is 1. The van der Waals surface area contributed by atoms with Crippen molar-refractivity contribution in [2.24, 2.45) is 0 Å². The van der Waals surface area contributed by atoms with Gasteiger partial charge in [-0.15, -0.1) is 0 Å². The molecule has 0 aliphatic heterocycles. The zero-order valence-corrected chi connectivity index (χ0v) is 11.8. The fourth-order valence-corrected chi connectivity index (χ4v) is 3.11. The van der Waals surface area contributed by atoms with Crippen LogP contribution in [0.4, 0.5) is 0 Å². The first kappa shape index (κ1) is 12.4. The molecule has 0 atom stereocenters. The van der Waals surface area contributed by atoms with Gasteiger partial charge in [-0.2, -0.15) is 16.6 Å². The summed E-state index contributed by atoms with van der Waals surface area (Å²) in [6.45, 7) is 0. The summed E-state index contributed by atoms with van der Waals surface area (Å²) >= 11 is 10.9. The molecule has 0 aliphatic rings. The van der Waals surface area contributed by atoms with Crippen molar-refractivity contribution in [1.82, 2.24) is 0 Å². The predicted molar refractivity (Wildman–Crippen MR) is 77.0 cm³/mol. The molecule has 1 aromatic heterocycles. The van der Waals surface area contributed by atoms with E-state index in [1.807, 2.05) is 41.1 Å². The predicted octanol–water partition coefficient (Wildman–Crippen LogP) is 5.23. The summed E-state index contributed by atoms with van der Waals surface area (Å²) in [4.78, 5) is 0. The highest BCUT2D eigenvalue weighted by Gasteiger charge is 2.06. The quantitative estimate of drug-likeness (QED) is 0.694. The second-order valence-electron chi connectivity index (χ2n) is 3.36. The third-order valence-electron chi connectivity index (χ3n) is 2.19. The smallest absolute Gasteiger partial charge is 0.0998 e. The molecule has 0 bridgehead atoms. The Labute approximate surface area is 117 Å². The van der Waals surface area contributed by atoms with Crippen LogP contribution in [0.15, 0.2) is 39.5 Å². The van der Waals surface area contributed by atoms with Crippen LogP contribution in [0.3, 0.4) is 0 Å². The molecule has 0 unspecified atom stereocenters. The minimum Gasteiger partial charge on any atom is -0.192 e. The molecule has 1 nitrogen and oxygen atoms in total. The second kappa shape index (κ2) is 5.50. The van der Waals surface area contributed by atoms with Gasteiger partial charge in [-0.05, 0) is 39.7 Å². The Kier molecular flexibility index (Phi) is 4.01. The van der Waals surface area contributed by atoms with Crippen molar-refractivity contribution in [1.29, 1.82) is 5.26 Å². The largest absolute Gasteiger partial charge is 0.192 e. The minimum atomic E-state index is 0.625. The van der Waals surface area contributed by atoms with Crippen molar-refractivity contribution in [3.63, 3.8) is 0 Å². The molecule has 2 aromatic rings. The van der Waals surface area contributed by atoms with E-state index in [-0.39, 0.29) is 0 Å². The summed E-state index contributed by atoms with van der Waals surface area (Å²) in [6.07, 6.45) is 1.83. The van der Waals surface area contributed by atoms with Crippen LogP contribution in [0, 0.1) is 11.3 Å². The van der Waals surface area contributed by atoms with Crippen LogP contribution in [-0.4, -0.2) is 0 Å². The van der Waals surface area contributed by atoms with E-state index < -0.39 is 0 Å². The van der Waals surface area contributed by atoms with Gasteiger partial charge in [0.05, 0.1) is 11.6 Å². The van der Waals surface area contributed by atoms with Gasteiger partial charge in [0.2, 0.25) is 0 Å². The highest BCUT2D eigenvalue weighted by molar-refractivity contribution is 9.10. The maximum Gasteiger partial charge on any atom is 0.0998 e. The Morgan fingerprint density at radius 1 is 1.41 bits per heavy atom. The highest BCUT2D eigenvalue weighted by atomic mass is 79.9. The van der Waals surface area contributed by atoms with Gasteiger partial charge >= 0.3 is 0 Å². The molecule has 0 aliphatic carbocycles. The summed E-state index contributed by atoms with van der Waals surface area (Å²) in [5, 5.41) is 13.8. The van der Waals surface area contributed by atoms with Gasteiger partial charge in [0.15, 0.2) is 0 Å². The van der Waals surface area contributed by atoms with Crippen LogP contribution in [-0.2, 0) is 0 Å². The fourth-order valence-electron chi connectivity index (χ4n) is 1.41. The van der Waals surface area contributed by atoms with Crippen LogP contribution in [0.5, 0.6) is 0 Å². The first-order valence-electron chi connectivity index (χ1n) is 4.80. The van der Waals surface area contributed by atoms with Crippen molar-refractivity contribution in [3.05, 3.63) is 55.6 Å². The molecular formula is C13H7BrClNS. The number of hydrogen-bond acceptors (Lipinski definition) is 2. The van der Waals surface area contributed by atoms with Gasteiger partial charge in [0.25, 0.3) is 0 Å². The van der Waals surface area contributed by atoms with E-state index in [0.717, 1.165) is 15.6 Å². The van der Waals surface area contributed by atoms with Gasteiger partial charge in [-0.1, -0.05) is 23.7 Å². The van der Waals surface area contributed by atoms with Gasteiger partial charge in [0, 0.05) is 25.8 Å². The lowest BCUT2D eigenvalue weighted by molar-refractivity contribution is 1.53. The lowest BCUT2D eigenvalue weighted by Crippen LogP contribution is -1.80. The zero-order chi connectivity index (χ0) is 12.3. The van der Waals surface area contributed by atoms with Crippen molar-refractivity contribution in [2.75, 3.05) is 0 Å². The topological polar surface area (TPSA) is 23.8 Å². The van der Waals surface area contributed by atoms with Crippen molar-refractivity contribution < 1.29 is 0 Å². The molecule has 0 amide bonds. The van der Waals surface area contributed by atoms with Crippen LogP contribution in [0.1, 0.15) is 11.1 Å². The number of halogens is 2. The normalized spacial score (nSPS) is 11.2. The van der Waals surface area contributed by atoms with Gasteiger partial charge in [0.1, 0.15) is 0 Å². The number of rotatable bonds is 2. The first-order valence-corrected chi connectivity index (χ1v) is 6.91. The van der Waals surface area contributed by atoms with Crippen molar-refractivity contribution >= 4 is 50.5 Å². The summed E-state index contributed by atoms with van der Waals surface area (Å²) in [5.41, 5.74) is 2.46. The number of nitriles is 1. The van der Waals surface area contributed by atoms with Crippen LogP contribution >= 0.6 is 38.9 Å². The minimum absolute atomic E-state index is 0.625. The fraction of sp³-hybridized carbons (Fsp3) is 0. The molecule has 1 aromatic carbocycles. The third kappa shape index (κ3) is 2.98. The highest BCUT2D eigenvalue weighted by Crippen LogP contribution is 2.29. The summed E-state index contributed by atoms with van der Waals surface area (Å²) in [6, 6.07) is 9.64. The standard InChI is InChI=1S/C13H7BrClNS/c14-13-8-17-7-12(13)10(6-16)4-9-2-1-3-11(15)5-9/h1-5,7-8H. The van der Waals surface area contributed by atoms with Gasteiger partial charge in [-0.25, -0.2) is 0 Å². The molecule has 4 heteroatoms. The van der Waals surface area contributed by atoms with E-state index in [4.69, 9.17) is 11.6 Å². The Morgan fingerprint density at radius 3 is 2.82 bits per heavy atom. The molecule has 0 spiro atoms. The van der Waals surface area contributed by atoms with Crippen molar-refractivity contribution in [3.8, 4) is 6.07 Å². The molecule has 0 fully saturated rings. The molecule has 0 radical (unpaired) electrons.